The fraction of sp³-hybridized carbons (Fsp3) is 1.00. The highest BCUT2D eigenvalue weighted by atomic mass is 16.5. The van der Waals surface area contributed by atoms with Crippen molar-refractivity contribution in [3.8, 4) is 0 Å². The first-order valence-corrected chi connectivity index (χ1v) is 5.97. The molecule has 3 nitrogen and oxygen atoms in total. The topological polar surface area (TPSA) is 33.3 Å². The Hall–Kier alpha value is -0.120. The van der Waals surface area contributed by atoms with E-state index in [-0.39, 0.29) is 0 Å². The predicted molar refractivity (Wildman–Crippen MR) is 57.4 cm³/mol. The largest absolute Gasteiger partial charge is 0.380 e. The van der Waals surface area contributed by atoms with Gasteiger partial charge < -0.3 is 15.4 Å². The van der Waals surface area contributed by atoms with Gasteiger partial charge in [0.1, 0.15) is 0 Å². The molecule has 82 valence electrons. The number of hydrogen-bond acceptors (Lipinski definition) is 3. The molecule has 0 unspecified atom stereocenters. The molecule has 14 heavy (non-hydrogen) atoms. The molecule has 2 fully saturated rings. The maximum absolute atomic E-state index is 5.57. The number of nitrogens with one attached hydrogen (secondary N) is 2. The molecule has 3 heteroatoms. The van der Waals surface area contributed by atoms with Crippen LogP contribution in [0, 0.1) is 5.92 Å². The van der Waals surface area contributed by atoms with Crippen LogP contribution in [0.4, 0.5) is 0 Å². The molecule has 2 rings (SSSR count). The van der Waals surface area contributed by atoms with E-state index in [1.807, 2.05) is 0 Å². The van der Waals surface area contributed by atoms with Gasteiger partial charge in [-0.3, -0.25) is 0 Å². The van der Waals surface area contributed by atoms with Gasteiger partial charge in [0.2, 0.25) is 0 Å². The first kappa shape index (κ1) is 10.4. The van der Waals surface area contributed by atoms with Crippen LogP contribution in [-0.4, -0.2) is 38.9 Å². The van der Waals surface area contributed by atoms with Gasteiger partial charge in [-0.25, -0.2) is 0 Å². The second kappa shape index (κ2) is 5.69. The summed E-state index contributed by atoms with van der Waals surface area (Å²) in [5.74, 6) is 0.897. The Morgan fingerprint density at radius 3 is 2.64 bits per heavy atom. The van der Waals surface area contributed by atoms with Crippen LogP contribution in [0.25, 0.3) is 0 Å². The Labute approximate surface area is 86.6 Å². The summed E-state index contributed by atoms with van der Waals surface area (Å²) < 4.78 is 5.57. The molecule has 1 aliphatic carbocycles. The van der Waals surface area contributed by atoms with Gasteiger partial charge in [0, 0.05) is 19.2 Å². The summed E-state index contributed by atoms with van der Waals surface area (Å²) in [4.78, 5) is 0. The van der Waals surface area contributed by atoms with Crippen molar-refractivity contribution in [3.05, 3.63) is 0 Å². The molecule has 0 aromatic carbocycles. The van der Waals surface area contributed by atoms with Gasteiger partial charge in [-0.15, -0.1) is 0 Å². The van der Waals surface area contributed by atoms with Crippen molar-refractivity contribution in [2.75, 3.05) is 32.8 Å². The highest BCUT2D eigenvalue weighted by Crippen LogP contribution is 2.28. The molecule has 2 N–H and O–H groups in total. The van der Waals surface area contributed by atoms with E-state index in [1.54, 1.807) is 0 Å². The zero-order valence-corrected chi connectivity index (χ0v) is 8.93. The fourth-order valence-electron chi connectivity index (χ4n) is 1.90. The quantitative estimate of drug-likeness (QED) is 0.618. The molecule has 2 aliphatic rings. The highest BCUT2D eigenvalue weighted by molar-refractivity contribution is 4.74. The summed E-state index contributed by atoms with van der Waals surface area (Å²) >= 11 is 0. The minimum atomic E-state index is 0.723. The lowest BCUT2D eigenvalue weighted by Crippen LogP contribution is -2.41. The van der Waals surface area contributed by atoms with E-state index in [1.165, 1.54) is 38.8 Å². The number of rotatable bonds is 6. The van der Waals surface area contributed by atoms with Crippen molar-refractivity contribution in [1.82, 2.24) is 10.6 Å². The molecule has 0 atom stereocenters. The fourth-order valence-corrected chi connectivity index (χ4v) is 1.90. The third-order valence-corrected chi connectivity index (χ3v) is 3.07. The number of hydrogen-bond donors (Lipinski definition) is 2. The molecule has 0 spiro atoms. The van der Waals surface area contributed by atoms with Crippen LogP contribution >= 0.6 is 0 Å². The van der Waals surface area contributed by atoms with Crippen LogP contribution in [0.1, 0.15) is 25.7 Å². The molecular formula is C11H22N2O. The van der Waals surface area contributed by atoms with E-state index in [2.05, 4.69) is 10.6 Å². The molecule has 1 heterocycles. The van der Waals surface area contributed by atoms with Crippen molar-refractivity contribution in [2.45, 2.75) is 31.7 Å². The molecule has 0 amide bonds. The SMILES string of the molecule is C1CC(NCCOCC2CC2)CCN1. The van der Waals surface area contributed by atoms with Crippen LogP contribution in [0.3, 0.4) is 0 Å². The van der Waals surface area contributed by atoms with Gasteiger partial charge in [0.25, 0.3) is 0 Å². The van der Waals surface area contributed by atoms with E-state index < -0.39 is 0 Å². The molecule has 0 aromatic rings. The maximum Gasteiger partial charge on any atom is 0.0591 e. The highest BCUT2D eigenvalue weighted by Gasteiger charge is 2.20. The van der Waals surface area contributed by atoms with E-state index >= 15 is 0 Å². The first-order valence-electron chi connectivity index (χ1n) is 5.97. The smallest absolute Gasteiger partial charge is 0.0591 e. The third kappa shape index (κ3) is 3.95. The predicted octanol–water partition coefficient (Wildman–Crippen LogP) is 0.755. The van der Waals surface area contributed by atoms with Crippen molar-refractivity contribution in [2.24, 2.45) is 5.92 Å². The number of piperidine rings is 1. The van der Waals surface area contributed by atoms with Crippen LogP contribution in [-0.2, 0) is 4.74 Å². The second-order valence-electron chi connectivity index (χ2n) is 4.50. The average Bonchev–Trinajstić information content (AvgIpc) is 3.03. The second-order valence-corrected chi connectivity index (χ2v) is 4.50. The standard InChI is InChI=1S/C11H22N2O/c1-2-10(1)9-14-8-7-13-11-3-5-12-6-4-11/h10-13H,1-9H2. The van der Waals surface area contributed by atoms with Gasteiger partial charge in [-0.1, -0.05) is 0 Å². The summed E-state index contributed by atoms with van der Waals surface area (Å²) in [7, 11) is 0. The van der Waals surface area contributed by atoms with Crippen molar-refractivity contribution in [1.29, 1.82) is 0 Å². The first-order chi connectivity index (χ1) is 6.95. The summed E-state index contributed by atoms with van der Waals surface area (Å²) in [5, 5.41) is 6.92. The van der Waals surface area contributed by atoms with E-state index in [0.29, 0.717) is 0 Å². The summed E-state index contributed by atoms with van der Waals surface area (Å²) in [6, 6.07) is 0.723. The Morgan fingerprint density at radius 1 is 1.14 bits per heavy atom. The molecule has 1 aliphatic heterocycles. The monoisotopic (exact) mass is 198 g/mol. The van der Waals surface area contributed by atoms with Crippen LogP contribution in [0.5, 0.6) is 0 Å². The van der Waals surface area contributed by atoms with Gasteiger partial charge >= 0.3 is 0 Å². The number of ether oxygens (including phenoxy) is 1. The molecule has 1 saturated carbocycles. The minimum Gasteiger partial charge on any atom is -0.380 e. The van der Waals surface area contributed by atoms with Crippen LogP contribution in [0.2, 0.25) is 0 Å². The Morgan fingerprint density at radius 2 is 1.93 bits per heavy atom. The summed E-state index contributed by atoms with van der Waals surface area (Å²) in [5.41, 5.74) is 0. The van der Waals surface area contributed by atoms with Crippen molar-refractivity contribution in [3.63, 3.8) is 0 Å². The van der Waals surface area contributed by atoms with E-state index in [9.17, 15) is 0 Å². The third-order valence-electron chi connectivity index (χ3n) is 3.07. The minimum absolute atomic E-state index is 0.723. The lowest BCUT2D eigenvalue weighted by Gasteiger charge is -2.23. The molecule has 0 aromatic heterocycles. The van der Waals surface area contributed by atoms with E-state index in [0.717, 1.165) is 31.7 Å². The van der Waals surface area contributed by atoms with E-state index in [4.69, 9.17) is 4.74 Å². The molecule has 0 bridgehead atoms. The normalized spacial score (nSPS) is 24.0. The molecule has 0 radical (unpaired) electrons. The Balaban J connectivity index is 1.41. The van der Waals surface area contributed by atoms with Crippen molar-refractivity contribution < 1.29 is 4.74 Å². The van der Waals surface area contributed by atoms with Crippen LogP contribution < -0.4 is 10.6 Å². The maximum atomic E-state index is 5.57. The summed E-state index contributed by atoms with van der Waals surface area (Å²) in [6.07, 6.45) is 5.31. The van der Waals surface area contributed by atoms with Crippen LogP contribution in [0.15, 0.2) is 0 Å². The van der Waals surface area contributed by atoms with Gasteiger partial charge in [0.05, 0.1) is 6.61 Å². The average molecular weight is 198 g/mol. The molecular weight excluding hydrogens is 176 g/mol. The van der Waals surface area contributed by atoms with Gasteiger partial charge in [-0.2, -0.15) is 0 Å². The Bertz CT molecular complexity index is 153. The van der Waals surface area contributed by atoms with Gasteiger partial charge in [0.15, 0.2) is 0 Å². The lowest BCUT2D eigenvalue weighted by atomic mass is 10.1. The van der Waals surface area contributed by atoms with Gasteiger partial charge in [-0.05, 0) is 44.7 Å². The zero-order chi connectivity index (χ0) is 9.64. The zero-order valence-electron chi connectivity index (χ0n) is 8.93. The summed E-state index contributed by atoms with van der Waals surface area (Å²) in [6.45, 7) is 5.24. The lowest BCUT2D eigenvalue weighted by molar-refractivity contribution is 0.123. The Kier molecular flexibility index (Phi) is 4.22. The molecule has 1 saturated heterocycles. The van der Waals surface area contributed by atoms with Crippen molar-refractivity contribution >= 4 is 0 Å².